The van der Waals surface area contributed by atoms with Crippen molar-refractivity contribution in [3.63, 3.8) is 0 Å². The van der Waals surface area contributed by atoms with Gasteiger partial charge in [-0.1, -0.05) is 30.0 Å². The van der Waals surface area contributed by atoms with Gasteiger partial charge in [-0.05, 0) is 19.4 Å². The molecule has 0 aliphatic carbocycles. The minimum absolute atomic E-state index is 0.501. The highest BCUT2D eigenvalue weighted by Crippen LogP contribution is 2.19. The lowest BCUT2D eigenvalue weighted by Gasteiger charge is -2.09. The Labute approximate surface area is 117 Å². The number of benzene rings is 1. The molecule has 0 bridgehead atoms. The number of aryl methyl sites for hydroxylation is 1. The molecule has 0 atom stereocenters. The fraction of sp³-hybridized carbons (Fsp3) is 0.357. The Bertz CT molecular complexity index is 514. The van der Waals surface area contributed by atoms with E-state index >= 15 is 0 Å². The van der Waals surface area contributed by atoms with Crippen molar-refractivity contribution in [1.82, 2.24) is 4.98 Å². The number of ether oxygens (including phenoxy) is 1. The maximum Gasteiger partial charge on any atom is 0.255 e. The Morgan fingerprint density at radius 3 is 2.95 bits per heavy atom. The van der Waals surface area contributed by atoms with Crippen LogP contribution in [-0.4, -0.2) is 17.3 Å². The normalized spacial score (nSPS) is 10.6. The molecule has 1 aromatic heterocycles. The van der Waals surface area contributed by atoms with Crippen LogP contribution in [0.5, 0.6) is 5.75 Å². The quantitative estimate of drug-likeness (QED) is 0.623. The zero-order chi connectivity index (χ0) is 13.5. The number of hydrogen-bond acceptors (Lipinski definition) is 5. The highest BCUT2D eigenvalue weighted by atomic mass is 32.2. The van der Waals surface area contributed by atoms with Crippen molar-refractivity contribution in [1.29, 1.82) is 0 Å². The fourth-order valence-corrected chi connectivity index (χ4v) is 2.37. The van der Waals surface area contributed by atoms with Crippen LogP contribution >= 0.6 is 11.8 Å². The Morgan fingerprint density at radius 1 is 1.37 bits per heavy atom. The van der Waals surface area contributed by atoms with E-state index in [2.05, 4.69) is 4.98 Å². The molecule has 0 aliphatic rings. The summed E-state index contributed by atoms with van der Waals surface area (Å²) >= 11 is 1.60. The number of para-hydroxylation sites is 1. The summed E-state index contributed by atoms with van der Waals surface area (Å²) in [6.07, 6.45) is 2.60. The van der Waals surface area contributed by atoms with Crippen LogP contribution in [0.3, 0.4) is 0 Å². The van der Waals surface area contributed by atoms with Crippen LogP contribution in [0.15, 0.2) is 40.2 Å². The molecule has 0 radical (unpaired) electrons. The molecule has 1 aromatic carbocycles. The summed E-state index contributed by atoms with van der Waals surface area (Å²) in [4.78, 5) is 4.23. The van der Waals surface area contributed by atoms with Crippen LogP contribution in [-0.2, 0) is 6.54 Å². The van der Waals surface area contributed by atoms with Gasteiger partial charge in [-0.25, -0.2) is 4.98 Å². The van der Waals surface area contributed by atoms with Gasteiger partial charge in [0.2, 0.25) is 0 Å². The number of hydrogen-bond donors (Lipinski definition) is 1. The van der Waals surface area contributed by atoms with E-state index in [9.17, 15) is 0 Å². The van der Waals surface area contributed by atoms with Crippen LogP contribution < -0.4 is 10.5 Å². The van der Waals surface area contributed by atoms with Gasteiger partial charge in [0.1, 0.15) is 12.0 Å². The topological polar surface area (TPSA) is 61.3 Å². The minimum atomic E-state index is 0.501. The largest absolute Gasteiger partial charge is 0.493 e. The monoisotopic (exact) mass is 278 g/mol. The third-order valence-electron chi connectivity index (χ3n) is 2.56. The minimum Gasteiger partial charge on any atom is -0.493 e. The number of nitrogens with zero attached hydrogens (tertiary/aromatic N) is 1. The predicted molar refractivity (Wildman–Crippen MR) is 76.4 cm³/mol. The molecule has 5 heteroatoms. The smallest absolute Gasteiger partial charge is 0.255 e. The van der Waals surface area contributed by atoms with Gasteiger partial charge in [-0.3, -0.25) is 0 Å². The fourth-order valence-electron chi connectivity index (χ4n) is 1.61. The molecule has 0 saturated carbocycles. The van der Waals surface area contributed by atoms with Gasteiger partial charge in [0.15, 0.2) is 0 Å². The molecule has 2 rings (SSSR count). The van der Waals surface area contributed by atoms with Crippen LogP contribution in [0.4, 0.5) is 0 Å². The Morgan fingerprint density at radius 2 is 2.21 bits per heavy atom. The van der Waals surface area contributed by atoms with Crippen molar-refractivity contribution in [2.75, 3.05) is 12.4 Å². The maximum atomic E-state index is 5.73. The first-order chi connectivity index (χ1) is 9.29. The van der Waals surface area contributed by atoms with Crippen molar-refractivity contribution in [2.24, 2.45) is 5.73 Å². The van der Waals surface area contributed by atoms with Gasteiger partial charge >= 0.3 is 0 Å². The highest BCUT2D eigenvalue weighted by molar-refractivity contribution is 7.99. The molecular formula is C14H18N2O2S. The van der Waals surface area contributed by atoms with Gasteiger partial charge in [0, 0.05) is 17.9 Å². The van der Waals surface area contributed by atoms with Crippen LogP contribution in [0.1, 0.15) is 17.7 Å². The van der Waals surface area contributed by atoms with E-state index in [-0.39, 0.29) is 0 Å². The summed E-state index contributed by atoms with van der Waals surface area (Å²) in [5.74, 6) is 1.80. The molecule has 0 saturated heterocycles. The summed E-state index contributed by atoms with van der Waals surface area (Å²) in [6, 6.07) is 7.86. The molecule has 1 heterocycles. The average Bonchev–Trinajstić information content (AvgIpc) is 2.84. The summed E-state index contributed by atoms with van der Waals surface area (Å²) in [7, 11) is 0. The van der Waals surface area contributed by atoms with Crippen molar-refractivity contribution >= 4 is 11.8 Å². The van der Waals surface area contributed by atoms with Crippen molar-refractivity contribution in [3.8, 4) is 5.75 Å². The average molecular weight is 278 g/mol. The molecule has 19 heavy (non-hydrogen) atoms. The lowest BCUT2D eigenvalue weighted by atomic mass is 10.2. The van der Waals surface area contributed by atoms with Crippen molar-refractivity contribution < 1.29 is 9.15 Å². The second kappa shape index (κ2) is 7.21. The number of thioether (sulfide) groups is 1. The SMILES string of the molecule is Cc1coc(SCCCOc2ccccc2CN)n1. The first-order valence-corrected chi connectivity index (χ1v) is 7.24. The molecule has 0 fully saturated rings. The van der Waals surface area contributed by atoms with E-state index in [0.29, 0.717) is 13.2 Å². The molecule has 4 nitrogen and oxygen atoms in total. The second-order valence-electron chi connectivity index (χ2n) is 4.12. The third kappa shape index (κ3) is 4.29. The first-order valence-electron chi connectivity index (χ1n) is 6.25. The number of aromatic nitrogens is 1. The van der Waals surface area contributed by atoms with Crippen molar-refractivity contribution in [3.05, 3.63) is 41.8 Å². The molecule has 0 aliphatic heterocycles. The van der Waals surface area contributed by atoms with E-state index in [4.69, 9.17) is 14.9 Å². The number of nitrogens with two attached hydrogens (primary N) is 1. The van der Waals surface area contributed by atoms with Crippen LogP contribution in [0.25, 0.3) is 0 Å². The molecule has 2 aromatic rings. The maximum absolute atomic E-state index is 5.73. The van der Waals surface area contributed by atoms with E-state index in [1.807, 2.05) is 31.2 Å². The first kappa shape index (κ1) is 14.0. The summed E-state index contributed by atoms with van der Waals surface area (Å²) in [5.41, 5.74) is 7.61. The molecule has 2 N–H and O–H groups in total. The molecular weight excluding hydrogens is 260 g/mol. The van der Waals surface area contributed by atoms with Crippen molar-refractivity contribution in [2.45, 2.75) is 25.1 Å². The Hall–Kier alpha value is -1.46. The van der Waals surface area contributed by atoms with E-state index in [1.165, 1.54) is 0 Å². The number of oxazole rings is 1. The zero-order valence-electron chi connectivity index (χ0n) is 11.0. The van der Waals surface area contributed by atoms with Gasteiger partial charge in [0.05, 0.1) is 12.3 Å². The predicted octanol–water partition coefficient (Wildman–Crippen LogP) is 3.00. The Kier molecular flexibility index (Phi) is 5.30. The van der Waals surface area contributed by atoms with Crippen LogP contribution in [0, 0.1) is 6.92 Å². The molecule has 0 amide bonds. The summed E-state index contributed by atoms with van der Waals surface area (Å²) < 4.78 is 11.0. The third-order valence-corrected chi connectivity index (χ3v) is 3.49. The molecule has 0 unspecified atom stereocenters. The zero-order valence-corrected chi connectivity index (χ0v) is 11.8. The van der Waals surface area contributed by atoms with Gasteiger partial charge < -0.3 is 14.9 Å². The van der Waals surface area contributed by atoms with Gasteiger partial charge in [-0.2, -0.15) is 0 Å². The summed E-state index contributed by atoms with van der Waals surface area (Å²) in [5, 5.41) is 0.722. The van der Waals surface area contributed by atoms with Gasteiger partial charge in [0.25, 0.3) is 5.22 Å². The summed E-state index contributed by atoms with van der Waals surface area (Å²) in [6.45, 7) is 3.09. The van der Waals surface area contributed by atoms with E-state index < -0.39 is 0 Å². The standard InChI is InChI=1S/C14H18N2O2S/c1-11-10-18-14(16-11)19-8-4-7-17-13-6-3-2-5-12(13)9-15/h2-3,5-6,10H,4,7-9,15H2,1H3. The number of rotatable bonds is 7. The molecule has 102 valence electrons. The van der Waals surface area contributed by atoms with E-state index in [1.54, 1.807) is 18.0 Å². The lowest BCUT2D eigenvalue weighted by molar-refractivity contribution is 0.315. The van der Waals surface area contributed by atoms with Gasteiger partial charge in [-0.15, -0.1) is 0 Å². The van der Waals surface area contributed by atoms with E-state index in [0.717, 1.165) is 34.4 Å². The molecule has 0 spiro atoms. The van der Waals surface area contributed by atoms with Crippen LogP contribution in [0.2, 0.25) is 0 Å². The second-order valence-corrected chi connectivity index (χ2v) is 5.16. The highest BCUT2D eigenvalue weighted by Gasteiger charge is 2.03. The lowest BCUT2D eigenvalue weighted by Crippen LogP contribution is -2.04. The Balaban J connectivity index is 1.69.